The molecule has 0 saturated carbocycles. The lowest BCUT2D eigenvalue weighted by molar-refractivity contribution is -0.143. The second-order valence-electron chi connectivity index (χ2n) is 14.1. The van der Waals surface area contributed by atoms with Crippen LogP contribution < -0.4 is 32.3 Å². The van der Waals surface area contributed by atoms with Crippen LogP contribution >= 0.6 is 0 Å². The number of unbranched alkanes of at least 4 members (excludes halogenated alkanes) is 1. The van der Waals surface area contributed by atoms with E-state index in [1.54, 1.807) is 20.8 Å². The molecule has 0 bridgehead atoms. The summed E-state index contributed by atoms with van der Waals surface area (Å²) < 4.78 is 42.9. The summed E-state index contributed by atoms with van der Waals surface area (Å²) in [6.07, 6.45) is -0.104. The predicted octanol–water partition coefficient (Wildman–Crippen LogP) is -3.05. The highest BCUT2D eigenvalue weighted by molar-refractivity contribution is 7.85. The van der Waals surface area contributed by atoms with Crippen LogP contribution in [0.3, 0.4) is 0 Å². The number of aliphatic hydroxyl groups excluding tert-OH is 1. The van der Waals surface area contributed by atoms with Gasteiger partial charge in [0.15, 0.2) is 0 Å². The van der Waals surface area contributed by atoms with Crippen LogP contribution in [0.25, 0.3) is 0 Å². The van der Waals surface area contributed by atoms with Gasteiger partial charge in [-0.3, -0.25) is 33.3 Å². The van der Waals surface area contributed by atoms with Crippen molar-refractivity contribution in [3.8, 4) is 0 Å². The zero-order chi connectivity index (χ0) is 43.8. The first-order valence-corrected chi connectivity index (χ1v) is 19.6. The van der Waals surface area contributed by atoms with Crippen molar-refractivity contribution in [2.45, 2.75) is 96.3 Å². The fourth-order valence-corrected chi connectivity index (χ4v) is 6.05. The van der Waals surface area contributed by atoms with E-state index in [0.717, 1.165) is 0 Å². The summed E-state index contributed by atoms with van der Waals surface area (Å²) in [4.78, 5) is 95.7. The van der Waals surface area contributed by atoms with Crippen molar-refractivity contribution in [3.63, 3.8) is 0 Å². The molecule has 0 aliphatic heterocycles. The van der Waals surface area contributed by atoms with Crippen molar-refractivity contribution in [3.05, 3.63) is 0 Å². The molecule has 57 heavy (non-hydrogen) atoms. The Kier molecular flexibility index (Phi) is 25.1. The number of amides is 5. The number of carboxylic acid groups (broad SMARTS) is 3. The first kappa shape index (κ1) is 52.5. The second kappa shape index (κ2) is 27.2. The van der Waals surface area contributed by atoms with Gasteiger partial charge in [-0.25, -0.2) is 9.59 Å². The highest BCUT2D eigenvalue weighted by atomic mass is 32.2. The van der Waals surface area contributed by atoms with Crippen LogP contribution in [0.4, 0.5) is 0 Å². The monoisotopic (exact) mass is 842 g/mol. The van der Waals surface area contributed by atoms with Gasteiger partial charge in [0.25, 0.3) is 10.1 Å². The summed E-state index contributed by atoms with van der Waals surface area (Å²) in [6, 6.07) is -5.82. The van der Waals surface area contributed by atoms with Gasteiger partial charge in [0.1, 0.15) is 36.5 Å². The molecule has 0 fully saturated rings. The van der Waals surface area contributed by atoms with E-state index in [4.69, 9.17) is 25.4 Å². The maximum atomic E-state index is 12.9. The maximum Gasteiger partial charge on any atom is 0.326 e. The fraction of sp³-hybridized carbons (Fsp3) is 0.758. The van der Waals surface area contributed by atoms with Crippen molar-refractivity contribution in [2.75, 3.05) is 51.9 Å². The van der Waals surface area contributed by atoms with E-state index in [0.29, 0.717) is 19.3 Å². The molecular weight excluding hydrogens is 784 g/mol. The van der Waals surface area contributed by atoms with Crippen molar-refractivity contribution >= 4 is 57.6 Å². The second-order valence-corrected chi connectivity index (χ2v) is 15.6. The van der Waals surface area contributed by atoms with Crippen LogP contribution in [0.5, 0.6) is 0 Å². The van der Waals surface area contributed by atoms with Gasteiger partial charge in [0, 0.05) is 25.9 Å². The molecule has 0 aromatic heterocycles. The van der Waals surface area contributed by atoms with Crippen LogP contribution in [0.15, 0.2) is 0 Å². The lowest BCUT2D eigenvalue weighted by Gasteiger charge is -2.26. The number of nitrogens with one attached hydrogen (secondary N) is 5. The summed E-state index contributed by atoms with van der Waals surface area (Å²) in [5.74, 6) is -9.43. The molecular formula is C33H58N6O17S. The quantitative estimate of drug-likeness (QED) is 0.0237. The van der Waals surface area contributed by atoms with Gasteiger partial charge < -0.3 is 62.2 Å². The molecule has 0 aliphatic rings. The van der Waals surface area contributed by atoms with Crippen LogP contribution in [0.1, 0.15) is 72.1 Å². The molecule has 24 heteroatoms. The first-order chi connectivity index (χ1) is 26.5. The average molecular weight is 843 g/mol. The SMILES string of the molecule is CC(CC(=O)NC(CS(=O)(=O)O)C(=O)NC(CCC(=O)NCCOCCOCC(=O)NC(CCCCNC(=O)C(N)CO)C(=O)O)C(=O)O)CC(C)(C)CC(=O)O. The summed E-state index contributed by atoms with van der Waals surface area (Å²) in [5, 5.41) is 48.4. The van der Waals surface area contributed by atoms with E-state index < -0.39 is 125 Å². The molecule has 5 unspecified atom stereocenters. The Morgan fingerprint density at radius 2 is 1.33 bits per heavy atom. The molecule has 5 atom stereocenters. The van der Waals surface area contributed by atoms with Gasteiger partial charge in [-0.2, -0.15) is 8.42 Å². The van der Waals surface area contributed by atoms with Crippen LogP contribution in [0.2, 0.25) is 0 Å². The zero-order valence-corrected chi connectivity index (χ0v) is 33.1. The number of ether oxygens (including phenoxy) is 2. The van der Waals surface area contributed by atoms with Crippen molar-refractivity contribution < 1.29 is 81.2 Å². The molecule has 328 valence electrons. The van der Waals surface area contributed by atoms with E-state index in [9.17, 15) is 61.5 Å². The summed E-state index contributed by atoms with van der Waals surface area (Å²) >= 11 is 0. The zero-order valence-electron chi connectivity index (χ0n) is 32.3. The van der Waals surface area contributed by atoms with Crippen molar-refractivity contribution in [1.82, 2.24) is 26.6 Å². The molecule has 0 heterocycles. The number of aliphatic carboxylic acids is 3. The molecule has 12 N–H and O–H groups in total. The van der Waals surface area contributed by atoms with Gasteiger partial charge in [-0.05, 0) is 43.4 Å². The highest BCUT2D eigenvalue weighted by Crippen LogP contribution is 2.30. The van der Waals surface area contributed by atoms with Crippen LogP contribution in [-0.4, -0.2) is 157 Å². The highest BCUT2D eigenvalue weighted by Gasteiger charge is 2.31. The number of hydrogen-bond acceptors (Lipinski definition) is 14. The molecule has 0 aliphatic carbocycles. The van der Waals surface area contributed by atoms with Crippen molar-refractivity contribution in [1.29, 1.82) is 0 Å². The Bertz CT molecular complexity index is 1460. The standard InChI is InChI=1S/C33H58N6O17S/c1-20(15-33(2,3)16-28(44)45)14-26(42)38-24(19-57(52,53)54)30(47)39-23(32(50)51)7-8-25(41)35-10-11-55-12-13-56-18-27(43)37-22(31(48)49)6-4-5-9-36-29(46)21(34)17-40/h20-24,40H,4-19,34H2,1-3H3,(H,35,41)(H,36,46)(H,37,43)(H,38,42)(H,39,47)(H,44,45)(H,48,49)(H,50,51)(H,52,53,54). The van der Waals surface area contributed by atoms with E-state index in [2.05, 4.69) is 26.6 Å². The number of aliphatic hydroxyl groups is 1. The lowest BCUT2D eigenvalue weighted by Crippen LogP contribution is -2.54. The van der Waals surface area contributed by atoms with Crippen molar-refractivity contribution in [2.24, 2.45) is 17.1 Å². The Hall–Kier alpha value is -4.49. The van der Waals surface area contributed by atoms with Gasteiger partial charge in [-0.15, -0.1) is 0 Å². The van der Waals surface area contributed by atoms with E-state index in [1.165, 1.54) is 0 Å². The largest absolute Gasteiger partial charge is 0.481 e. The van der Waals surface area contributed by atoms with Gasteiger partial charge in [0.2, 0.25) is 29.5 Å². The maximum absolute atomic E-state index is 12.9. The fourth-order valence-electron chi connectivity index (χ4n) is 5.39. The van der Waals surface area contributed by atoms with Gasteiger partial charge in [0.05, 0.1) is 32.8 Å². The van der Waals surface area contributed by atoms with E-state index in [1.807, 2.05) is 0 Å². The molecule has 0 aromatic carbocycles. The number of hydrogen-bond donors (Lipinski definition) is 11. The van der Waals surface area contributed by atoms with Gasteiger partial charge >= 0.3 is 17.9 Å². The Balaban J connectivity index is 4.61. The number of rotatable bonds is 32. The minimum Gasteiger partial charge on any atom is -0.481 e. The minimum atomic E-state index is -4.83. The number of carbonyl (C=O) groups is 8. The summed E-state index contributed by atoms with van der Waals surface area (Å²) in [5.41, 5.74) is 4.70. The normalized spacial score (nSPS) is 14.2. The summed E-state index contributed by atoms with van der Waals surface area (Å²) in [6.45, 7) is 4.17. The Morgan fingerprint density at radius 3 is 1.91 bits per heavy atom. The Morgan fingerprint density at radius 1 is 0.737 bits per heavy atom. The molecule has 0 rings (SSSR count). The average Bonchev–Trinajstić information content (AvgIpc) is 3.07. The smallest absolute Gasteiger partial charge is 0.326 e. The molecule has 23 nitrogen and oxygen atoms in total. The molecule has 0 aromatic rings. The topological polar surface area (TPSA) is 376 Å². The number of nitrogens with two attached hydrogens (primary N) is 1. The number of carboxylic acids is 3. The van der Waals surface area contributed by atoms with E-state index in [-0.39, 0.29) is 52.2 Å². The molecule has 0 saturated heterocycles. The Labute approximate surface area is 330 Å². The molecule has 5 amide bonds. The minimum absolute atomic E-state index is 0.00677. The number of carbonyl (C=O) groups excluding carboxylic acids is 5. The third kappa shape index (κ3) is 26.9. The lowest BCUT2D eigenvalue weighted by atomic mass is 9.79. The third-order valence-electron chi connectivity index (χ3n) is 7.93. The molecule has 0 spiro atoms. The third-order valence-corrected chi connectivity index (χ3v) is 8.68. The van der Waals surface area contributed by atoms with Gasteiger partial charge in [-0.1, -0.05) is 20.8 Å². The van der Waals surface area contributed by atoms with E-state index >= 15 is 0 Å². The predicted molar refractivity (Wildman–Crippen MR) is 198 cm³/mol. The van der Waals surface area contributed by atoms with Crippen LogP contribution in [0, 0.1) is 11.3 Å². The summed E-state index contributed by atoms with van der Waals surface area (Å²) in [7, 11) is -4.83. The molecule has 0 radical (unpaired) electrons. The first-order valence-electron chi connectivity index (χ1n) is 18.0. The van der Waals surface area contributed by atoms with Crippen LogP contribution in [-0.2, 0) is 57.9 Å².